The van der Waals surface area contributed by atoms with Gasteiger partial charge in [0.05, 0.1) is 5.92 Å². The van der Waals surface area contributed by atoms with Crippen molar-refractivity contribution in [3.8, 4) is 0 Å². The van der Waals surface area contributed by atoms with E-state index in [0.717, 1.165) is 23.4 Å². The van der Waals surface area contributed by atoms with Gasteiger partial charge in [0.2, 0.25) is 11.8 Å². The van der Waals surface area contributed by atoms with Crippen molar-refractivity contribution in [1.29, 1.82) is 0 Å². The van der Waals surface area contributed by atoms with Gasteiger partial charge in [-0.1, -0.05) is 36.8 Å². The minimum atomic E-state index is -0.315. The van der Waals surface area contributed by atoms with E-state index >= 15 is 0 Å². The fourth-order valence-corrected chi connectivity index (χ4v) is 2.93. The Morgan fingerprint density at radius 2 is 1.79 bits per heavy atom. The molecular formula is C20H22N2O2. The quantitative estimate of drug-likeness (QED) is 0.936. The van der Waals surface area contributed by atoms with Crippen LogP contribution >= 0.6 is 0 Å². The smallest absolute Gasteiger partial charge is 0.229 e. The third-order valence-electron chi connectivity index (χ3n) is 4.47. The standard InChI is InChI=1S/C20H22N2O2/c1-3-15-6-8-17(9-7-15)21-20(24)16-12-19(23)22(13-16)18-10-4-14(2)5-11-18/h4-11,16H,3,12-13H2,1-2H3,(H,21,24)/t16-/m0/s1. The molecule has 1 N–H and O–H groups in total. The number of carbonyl (C=O) groups is 2. The summed E-state index contributed by atoms with van der Waals surface area (Å²) >= 11 is 0. The maximum atomic E-state index is 12.5. The van der Waals surface area contributed by atoms with Gasteiger partial charge in [0, 0.05) is 24.3 Å². The molecule has 0 spiro atoms. The maximum absolute atomic E-state index is 12.5. The number of hydrogen-bond donors (Lipinski definition) is 1. The van der Waals surface area contributed by atoms with Crippen molar-refractivity contribution in [2.24, 2.45) is 5.92 Å². The Morgan fingerprint density at radius 3 is 2.42 bits per heavy atom. The highest BCUT2D eigenvalue weighted by atomic mass is 16.2. The number of amides is 2. The van der Waals surface area contributed by atoms with E-state index in [1.165, 1.54) is 5.56 Å². The summed E-state index contributed by atoms with van der Waals surface area (Å²) in [4.78, 5) is 26.4. The van der Waals surface area contributed by atoms with Crippen molar-refractivity contribution in [3.05, 3.63) is 59.7 Å². The van der Waals surface area contributed by atoms with Crippen LogP contribution in [0.2, 0.25) is 0 Å². The van der Waals surface area contributed by atoms with E-state index in [9.17, 15) is 9.59 Å². The summed E-state index contributed by atoms with van der Waals surface area (Å²) in [6.07, 6.45) is 1.23. The van der Waals surface area contributed by atoms with Gasteiger partial charge in [0.25, 0.3) is 0 Å². The van der Waals surface area contributed by atoms with Crippen LogP contribution in [0.15, 0.2) is 48.5 Å². The van der Waals surface area contributed by atoms with Crippen molar-refractivity contribution in [1.82, 2.24) is 0 Å². The van der Waals surface area contributed by atoms with Gasteiger partial charge in [-0.3, -0.25) is 9.59 Å². The van der Waals surface area contributed by atoms with E-state index in [1.807, 2.05) is 55.5 Å². The lowest BCUT2D eigenvalue weighted by molar-refractivity contribution is -0.122. The molecule has 1 atom stereocenters. The Hall–Kier alpha value is -2.62. The zero-order valence-corrected chi connectivity index (χ0v) is 14.1. The number of nitrogens with one attached hydrogen (secondary N) is 1. The summed E-state index contributed by atoms with van der Waals surface area (Å²) in [5.74, 6) is -0.410. The molecule has 4 nitrogen and oxygen atoms in total. The van der Waals surface area contributed by atoms with Gasteiger partial charge < -0.3 is 10.2 Å². The van der Waals surface area contributed by atoms with Gasteiger partial charge in [-0.15, -0.1) is 0 Å². The first-order chi connectivity index (χ1) is 11.6. The Kier molecular flexibility index (Phi) is 4.65. The van der Waals surface area contributed by atoms with Gasteiger partial charge in [-0.05, 0) is 43.2 Å². The Labute approximate surface area is 142 Å². The molecule has 0 radical (unpaired) electrons. The highest BCUT2D eigenvalue weighted by molar-refractivity contribution is 6.03. The largest absolute Gasteiger partial charge is 0.326 e. The first kappa shape index (κ1) is 16.2. The molecule has 0 unspecified atom stereocenters. The second kappa shape index (κ2) is 6.87. The first-order valence-corrected chi connectivity index (χ1v) is 8.33. The predicted molar refractivity (Wildman–Crippen MR) is 96.1 cm³/mol. The average Bonchev–Trinajstić information content (AvgIpc) is 2.98. The van der Waals surface area contributed by atoms with Crippen LogP contribution in [0.3, 0.4) is 0 Å². The molecular weight excluding hydrogens is 300 g/mol. The molecule has 1 saturated heterocycles. The SMILES string of the molecule is CCc1ccc(NC(=O)[C@H]2CC(=O)N(c3ccc(C)cc3)C2)cc1. The van der Waals surface area contributed by atoms with Crippen LogP contribution in [0.5, 0.6) is 0 Å². The molecule has 2 aromatic carbocycles. The van der Waals surface area contributed by atoms with Crippen LogP contribution in [-0.4, -0.2) is 18.4 Å². The van der Waals surface area contributed by atoms with Crippen molar-refractivity contribution < 1.29 is 9.59 Å². The molecule has 2 amide bonds. The molecule has 1 fully saturated rings. The number of anilines is 2. The molecule has 0 aliphatic carbocycles. The highest BCUT2D eigenvalue weighted by Crippen LogP contribution is 2.26. The highest BCUT2D eigenvalue weighted by Gasteiger charge is 2.35. The van der Waals surface area contributed by atoms with Crippen LogP contribution in [0.25, 0.3) is 0 Å². The summed E-state index contributed by atoms with van der Waals surface area (Å²) in [7, 11) is 0. The van der Waals surface area contributed by atoms with Gasteiger partial charge in [-0.2, -0.15) is 0 Å². The zero-order chi connectivity index (χ0) is 17.1. The van der Waals surface area contributed by atoms with Crippen LogP contribution in [0.4, 0.5) is 11.4 Å². The summed E-state index contributed by atoms with van der Waals surface area (Å²) in [5.41, 5.74) is 4.01. The molecule has 0 saturated carbocycles. The third kappa shape index (κ3) is 3.48. The van der Waals surface area contributed by atoms with Crippen LogP contribution < -0.4 is 10.2 Å². The van der Waals surface area contributed by atoms with Gasteiger partial charge in [0.1, 0.15) is 0 Å². The second-order valence-electron chi connectivity index (χ2n) is 6.28. The van der Waals surface area contributed by atoms with Gasteiger partial charge in [0.15, 0.2) is 0 Å². The van der Waals surface area contributed by atoms with Crippen molar-refractivity contribution in [3.63, 3.8) is 0 Å². The van der Waals surface area contributed by atoms with Gasteiger partial charge >= 0.3 is 0 Å². The van der Waals surface area contributed by atoms with E-state index in [-0.39, 0.29) is 24.2 Å². The molecule has 3 rings (SSSR count). The predicted octanol–water partition coefficient (Wildman–Crippen LogP) is 3.55. The molecule has 0 aromatic heterocycles. The minimum Gasteiger partial charge on any atom is -0.326 e. The summed E-state index contributed by atoms with van der Waals surface area (Å²) in [6, 6.07) is 15.6. The molecule has 0 bridgehead atoms. The number of benzene rings is 2. The van der Waals surface area contributed by atoms with Crippen LogP contribution in [0, 0.1) is 12.8 Å². The molecule has 1 aliphatic heterocycles. The summed E-state index contributed by atoms with van der Waals surface area (Å²) < 4.78 is 0. The Bertz CT molecular complexity index is 735. The van der Waals surface area contributed by atoms with Crippen molar-refractivity contribution in [2.75, 3.05) is 16.8 Å². The molecule has 4 heteroatoms. The first-order valence-electron chi connectivity index (χ1n) is 8.33. The number of nitrogens with zero attached hydrogens (tertiary/aromatic N) is 1. The Balaban J connectivity index is 1.66. The topological polar surface area (TPSA) is 49.4 Å². The van der Waals surface area contributed by atoms with E-state index in [2.05, 4.69) is 12.2 Å². The van der Waals surface area contributed by atoms with Crippen molar-refractivity contribution in [2.45, 2.75) is 26.7 Å². The number of carbonyl (C=O) groups excluding carboxylic acids is 2. The lowest BCUT2D eigenvalue weighted by Crippen LogP contribution is -2.28. The van der Waals surface area contributed by atoms with Crippen molar-refractivity contribution >= 4 is 23.2 Å². The Morgan fingerprint density at radius 1 is 1.12 bits per heavy atom. The van der Waals surface area contributed by atoms with E-state index in [4.69, 9.17) is 0 Å². The number of rotatable bonds is 4. The third-order valence-corrected chi connectivity index (χ3v) is 4.47. The molecule has 1 heterocycles. The monoisotopic (exact) mass is 322 g/mol. The molecule has 124 valence electrons. The van der Waals surface area contributed by atoms with E-state index < -0.39 is 0 Å². The summed E-state index contributed by atoms with van der Waals surface area (Å²) in [6.45, 7) is 4.54. The fraction of sp³-hybridized carbons (Fsp3) is 0.300. The number of aryl methyl sites for hydroxylation is 2. The fourth-order valence-electron chi connectivity index (χ4n) is 2.93. The minimum absolute atomic E-state index is 0.000309. The second-order valence-corrected chi connectivity index (χ2v) is 6.28. The van der Waals surface area contributed by atoms with E-state index in [0.29, 0.717) is 6.54 Å². The lowest BCUT2D eigenvalue weighted by Gasteiger charge is -2.17. The number of hydrogen-bond acceptors (Lipinski definition) is 2. The maximum Gasteiger partial charge on any atom is 0.229 e. The van der Waals surface area contributed by atoms with Crippen LogP contribution in [-0.2, 0) is 16.0 Å². The van der Waals surface area contributed by atoms with E-state index in [1.54, 1.807) is 4.90 Å². The summed E-state index contributed by atoms with van der Waals surface area (Å²) in [5, 5.41) is 2.92. The molecule has 2 aromatic rings. The normalized spacial score (nSPS) is 17.2. The van der Waals surface area contributed by atoms with Gasteiger partial charge in [-0.25, -0.2) is 0 Å². The van der Waals surface area contributed by atoms with Crippen LogP contribution in [0.1, 0.15) is 24.5 Å². The average molecular weight is 322 g/mol. The lowest BCUT2D eigenvalue weighted by atomic mass is 10.1. The molecule has 24 heavy (non-hydrogen) atoms. The molecule has 1 aliphatic rings. The zero-order valence-electron chi connectivity index (χ0n) is 14.1.